The number of aliphatic imine (C=N–C) groups is 1. The minimum absolute atomic E-state index is 0.0219. The van der Waals surface area contributed by atoms with Gasteiger partial charge in [0.2, 0.25) is 0 Å². The van der Waals surface area contributed by atoms with E-state index in [-0.39, 0.29) is 36.2 Å². The van der Waals surface area contributed by atoms with Gasteiger partial charge in [-0.15, -0.1) is 0 Å². The van der Waals surface area contributed by atoms with Gasteiger partial charge in [0.15, 0.2) is 5.17 Å². The van der Waals surface area contributed by atoms with Crippen LogP contribution in [-0.2, 0) is 16.1 Å². The lowest BCUT2D eigenvalue weighted by atomic mass is 9.88. The van der Waals surface area contributed by atoms with E-state index in [2.05, 4.69) is 6.92 Å². The highest BCUT2D eigenvalue weighted by molar-refractivity contribution is 8.14. The van der Waals surface area contributed by atoms with E-state index in [9.17, 15) is 5.11 Å². The molecular weight excluding hydrogens is 352 g/mol. The number of fused-ring (bicyclic) bond motifs is 1. The summed E-state index contributed by atoms with van der Waals surface area (Å²) >= 11 is 1.64. The van der Waals surface area contributed by atoms with Crippen molar-refractivity contribution in [2.24, 2.45) is 10.9 Å². The van der Waals surface area contributed by atoms with Crippen molar-refractivity contribution in [3.05, 3.63) is 29.8 Å². The van der Waals surface area contributed by atoms with Gasteiger partial charge in [-0.2, -0.15) is 0 Å². The predicted octanol–water partition coefficient (Wildman–Crippen LogP) is 2.36. The third-order valence-electron chi connectivity index (χ3n) is 4.91. The Labute approximate surface area is 159 Å². The maximum atomic E-state index is 9.38. The van der Waals surface area contributed by atoms with E-state index in [1.165, 1.54) is 0 Å². The van der Waals surface area contributed by atoms with E-state index in [0.29, 0.717) is 13.0 Å². The van der Waals surface area contributed by atoms with Crippen LogP contribution in [-0.4, -0.2) is 66.7 Å². The van der Waals surface area contributed by atoms with Crippen LogP contribution >= 0.6 is 11.8 Å². The maximum absolute atomic E-state index is 9.38. The molecule has 0 saturated carbocycles. The summed E-state index contributed by atoms with van der Waals surface area (Å²) in [5.74, 6) is 0.996. The van der Waals surface area contributed by atoms with Gasteiger partial charge >= 0.3 is 0 Å². The molecule has 0 aromatic heterocycles. The molecule has 5 atom stereocenters. The highest BCUT2D eigenvalue weighted by Crippen LogP contribution is 2.41. The van der Waals surface area contributed by atoms with E-state index in [4.69, 9.17) is 19.2 Å². The van der Waals surface area contributed by atoms with Crippen molar-refractivity contribution in [1.29, 1.82) is 0 Å². The van der Waals surface area contributed by atoms with Crippen LogP contribution in [0.5, 0.6) is 5.75 Å². The van der Waals surface area contributed by atoms with E-state index < -0.39 is 0 Å². The second-order valence-electron chi connectivity index (χ2n) is 6.95. The molecule has 2 aliphatic heterocycles. The van der Waals surface area contributed by atoms with Crippen LogP contribution < -0.4 is 4.74 Å². The maximum Gasteiger partial charge on any atom is 0.161 e. The highest BCUT2D eigenvalue weighted by atomic mass is 32.2. The smallest absolute Gasteiger partial charge is 0.161 e. The molecule has 0 unspecified atom stereocenters. The van der Waals surface area contributed by atoms with Gasteiger partial charge in [0.05, 0.1) is 25.9 Å². The van der Waals surface area contributed by atoms with Gasteiger partial charge in [-0.05, 0) is 24.1 Å². The molecule has 7 heteroatoms. The van der Waals surface area contributed by atoms with Gasteiger partial charge in [0.25, 0.3) is 0 Å². The number of aliphatic hydroxyl groups is 1. The molecule has 0 bridgehead atoms. The van der Waals surface area contributed by atoms with Crippen molar-refractivity contribution in [2.75, 3.05) is 27.8 Å². The lowest BCUT2D eigenvalue weighted by molar-refractivity contribution is -0.140. The number of benzene rings is 1. The topological polar surface area (TPSA) is 63.5 Å². The molecule has 26 heavy (non-hydrogen) atoms. The van der Waals surface area contributed by atoms with Crippen molar-refractivity contribution in [2.45, 2.75) is 43.6 Å². The minimum Gasteiger partial charge on any atom is -0.497 e. The number of nitrogens with zero attached hydrogens (tertiary/aromatic N) is 2. The number of thioether (sulfide) groups is 1. The number of hydrogen-bond acceptors (Lipinski definition) is 7. The zero-order valence-electron chi connectivity index (χ0n) is 15.8. The van der Waals surface area contributed by atoms with Gasteiger partial charge in [-0.1, -0.05) is 30.8 Å². The first-order chi connectivity index (χ1) is 12.5. The molecule has 2 heterocycles. The summed E-state index contributed by atoms with van der Waals surface area (Å²) in [6.07, 6.45) is 0.550. The quantitative estimate of drug-likeness (QED) is 0.817. The minimum atomic E-state index is -0.0546. The summed E-state index contributed by atoms with van der Waals surface area (Å²) in [5, 5.41) is 10.4. The Hall–Kier alpha value is -1.28. The Kier molecular flexibility index (Phi) is 6.45. The van der Waals surface area contributed by atoms with Crippen molar-refractivity contribution >= 4 is 16.9 Å². The molecule has 3 rings (SSSR count). The molecular formula is C19H28N2O4S. The van der Waals surface area contributed by atoms with Crippen molar-refractivity contribution < 1.29 is 19.3 Å². The molecule has 6 nitrogen and oxygen atoms in total. The van der Waals surface area contributed by atoms with Gasteiger partial charge in [-0.25, -0.2) is 0 Å². The van der Waals surface area contributed by atoms with Gasteiger partial charge < -0.3 is 24.2 Å². The fraction of sp³-hybridized carbons (Fsp3) is 0.632. The Morgan fingerprint density at radius 1 is 1.27 bits per heavy atom. The van der Waals surface area contributed by atoms with Gasteiger partial charge in [0.1, 0.15) is 17.2 Å². The van der Waals surface area contributed by atoms with Crippen LogP contribution in [0.3, 0.4) is 0 Å². The third kappa shape index (κ3) is 4.17. The molecule has 1 aromatic rings. The van der Waals surface area contributed by atoms with E-state index in [0.717, 1.165) is 16.5 Å². The molecule has 1 fully saturated rings. The average molecular weight is 381 g/mol. The van der Waals surface area contributed by atoms with Crippen LogP contribution in [0.4, 0.5) is 0 Å². The number of hydrogen-bond donors (Lipinski definition) is 1. The molecule has 144 valence electrons. The lowest BCUT2D eigenvalue weighted by Crippen LogP contribution is -2.51. The molecule has 1 saturated heterocycles. The highest BCUT2D eigenvalue weighted by Gasteiger charge is 2.48. The Morgan fingerprint density at radius 3 is 2.62 bits per heavy atom. The zero-order chi connectivity index (χ0) is 18.7. The fourth-order valence-electron chi connectivity index (χ4n) is 3.39. The normalized spacial score (nSPS) is 30.7. The molecule has 0 amide bonds. The van der Waals surface area contributed by atoms with Crippen molar-refractivity contribution in [3.8, 4) is 5.75 Å². The van der Waals surface area contributed by atoms with Crippen LogP contribution in [0.2, 0.25) is 0 Å². The van der Waals surface area contributed by atoms with Gasteiger partial charge in [0, 0.05) is 26.6 Å². The number of ether oxygens (including phenoxy) is 3. The summed E-state index contributed by atoms with van der Waals surface area (Å²) in [4.78, 5) is 6.86. The van der Waals surface area contributed by atoms with Crippen LogP contribution in [0, 0.1) is 5.92 Å². The summed E-state index contributed by atoms with van der Waals surface area (Å²) < 4.78 is 17.8. The molecule has 1 N–H and O–H groups in total. The Bertz CT molecular complexity index is 622. The van der Waals surface area contributed by atoms with Gasteiger partial charge in [-0.3, -0.25) is 4.99 Å². The first-order valence-corrected chi connectivity index (χ1v) is 9.84. The summed E-state index contributed by atoms with van der Waals surface area (Å²) in [5.41, 5.74) is 1.04. The largest absolute Gasteiger partial charge is 0.497 e. The lowest BCUT2D eigenvalue weighted by Gasteiger charge is -2.41. The fourth-order valence-corrected chi connectivity index (χ4v) is 4.55. The van der Waals surface area contributed by atoms with Crippen LogP contribution in [0.1, 0.15) is 18.9 Å². The standard InChI is InChI=1S/C19H28N2O4S/c1-12-15(9-10-22)25-18-16(20-19(26-18)21(2)3)17(12)24-11-13-5-7-14(23-4)8-6-13/h5-8,12,15-18,22H,9-11H2,1-4H3/t12-,15-,16-,17+,18-/m1/s1. The van der Waals surface area contributed by atoms with Crippen molar-refractivity contribution in [3.63, 3.8) is 0 Å². The first-order valence-electron chi connectivity index (χ1n) is 8.96. The summed E-state index contributed by atoms with van der Waals surface area (Å²) in [6, 6.07) is 7.89. The number of methoxy groups -OCH3 is 1. The second-order valence-corrected chi connectivity index (χ2v) is 8.02. The predicted molar refractivity (Wildman–Crippen MR) is 104 cm³/mol. The Balaban J connectivity index is 1.73. The molecule has 0 spiro atoms. The van der Waals surface area contributed by atoms with Crippen molar-refractivity contribution in [1.82, 2.24) is 4.90 Å². The van der Waals surface area contributed by atoms with Crippen LogP contribution in [0.15, 0.2) is 29.3 Å². The second kappa shape index (κ2) is 8.61. The van der Waals surface area contributed by atoms with E-state index in [1.54, 1.807) is 18.9 Å². The third-order valence-corrected chi connectivity index (χ3v) is 6.21. The first kappa shape index (κ1) is 19.5. The summed E-state index contributed by atoms with van der Waals surface area (Å²) in [7, 11) is 5.64. The average Bonchev–Trinajstić information content (AvgIpc) is 3.06. The Morgan fingerprint density at radius 2 is 2.00 bits per heavy atom. The zero-order valence-corrected chi connectivity index (χ0v) is 16.6. The number of amidine groups is 1. The van der Waals surface area contributed by atoms with E-state index >= 15 is 0 Å². The SMILES string of the molecule is COc1ccc(CO[C@H]2[C@H](C)[C@@H](CCO)O[C@@H]3SC(N(C)C)=N[C@H]23)cc1. The van der Waals surface area contributed by atoms with E-state index in [1.807, 2.05) is 43.3 Å². The monoisotopic (exact) mass is 380 g/mol. The molecule has 0 radical (unpaired) electrons. The molecule has 1 aromatic carbocycles. The van der Waals surface area contributed by atoms with Crippen LogP contribution in [0.25, 0.3) is 0 Å². The molecule has 2 aliphatic rings. The number of rotatable bonds is 6. The molecule has 0 aliphatic carbocycles. The number of aliphatic hydroxyl groups excluding tert-OH is 1. The summed E-state index contributed by atoms with van der Waals surface area (Å²) in [6.45, 7) is 2.76.